The van der Waals surface area contributed by atoms with Crippen molar-refractivity contribution in [1.29, 1.82) is 0 Å². The molecule has 0 spiro atoms. The third kappa shape index (κ3) is 6.42. The number of benzene rings is 2. The molecule has 11 heteroatoms. The number of piperazine rings is 1. The highest BCUT2D eigenvalue weighted by molar-refractivity contribution is 7.89. The second kappa shape index (κ2) is 11.2. The number of hydrogen-bond donors (Lipinski definition) is 0. The van der Waals surface area contributed by atoms with Gasteiger partial charge in [0.2, 0.25) is 15.9 Å². The van der Waals surface area contributed by atoms with Gasteiger partial charge >= 0.3 is 0 Å². The molecule has 0 saturated carbocycles. The molecule has 2 aliphatic heterocycles. The predicted octanol–water partition coefficient (Wildman–Crippen LogP) is 3.94. The van der Waals surface area contributed by atoms with Crippen LogP contribution < -0.4 is 4.74 Å². The van der Waals surface area contributed by atoms with E-state index in [1.54, 1.807) is 12.1 Å². The van der Waals surface area contributed by atoms with Gasteiger partial charge in [-0.1, -0.05) is 11.6 Å². The molecule has 0 unspecified atom stereocenters. The van der Waals surface area contributed by atoms with E-state index >= 15 is 0 Å². The Morgan fingerprint density at radius 1 is 1.03 bits per heavy atom. The number of piperidine rings is 1. The SMILES string of the molecule is Cc1cc(OCC2(CC(=O)N3CCN(C)CC3)CCN(S(=O)(=O)c3ccc(F)cc3F)CC2)ccc1Cl. The van der Waals surface area contributed by atoms with Gasteiger partial charge in [-0.2, -0.15) is 4.31 Å². The van der Waals surface area contributed by atoms with E-state index < -0.39 is 32.0 Å². The van der Waals surface area contributed by atoms with Gasteiger partial charge in [-0.3, -0.25) is 4.79 Å². The summed E-state index contributed by atoms with van der Waals surface area (Å²) in [5, 5.41) is 0.624. The number of carbonyl (C=O) groups excluding carboxylic acids is 1. The largest absolute Gasteiger partial charge is 0.493 e. The zero-order chi connectivity index (χ0) is 26.8. The number of nitrogens with zero attached hydrogens (tertiary/aromatic N) is 3. The van der Waals surface area contributed by atoms with E-state index in [-0.39, 0.29) is 32.0 Å². The fourth-order valence-electron chi connectivity index (χ4n) is 4.83. The summed E-state index contributed by atoms with van der Waals surface area (Å²) in [5.41, 5.74) is 0.269. The first kappa shape index (κ1) is 27.8. The molecule has 0 N–H and O–H groups in total. The molecule has 2 fully saturated rings. The molecule has 4 rings (SSSR count). The Morgan fingerprint density at radius 2 is 1.70 bits per heavy atom. The number of halogens is 3. The van der Waals surface area contributed by atoms with Gasteiger partial charge in [0, 0.05) is 62.2 Å². The number of aryl methyl sites for hydroxylation is 1. The first-order valence-corrected chi connectivity index (χ1v) is 14.1. The lowest BCUT2D eigenvalue weighted by atomic mass is 9.76. The normalized spacial score (nSPS) is 19.1. The highest BCUT2D eigenvalue weighted by Gasteiger charge is 2.42. The summed E-state index contributed by atoms with van der Waals surface area (Å²) in [4.78, 5) is 16.8. The Hall–Kier alpha value is -2.27. The van der Waals surface area contributed by atoms with Crippen molar-refractivity contribution in [2.75, 3.05) is 52.9 Å². The van der Waals surface area contributed by atoms with Crippen LogP contribution in [0.4, 0.5) is 8.78 Å². The van der Waals surface area contributed by atoms with Crippen LogP contribution in [0, 0.1) is 24.0 Å². The summed E-state index contributed by atoms with van der Waals surface area (Å²) < 4.78 is 61.2. The molecule has 0 aliphatic carbocycles. The minimum atomic E-state index is -4.16. The summed E-state index contributed by atoms with van der Waals surface area (Å²) in [6, 6.07) is 7.79. The van der Waals surface area contributed by atoms with Gasteiger partial charge in [0.05, 0.1) is 6.61 Å². The van der Waals surface area contributed by atoms with E-state index in [2.05, 4.69) is 4.90 Å². The van der Waals surface area contributed by atoms with Crippen molar-refractivity contribution in [3.63, 3.8) is 0 Å². The van der Waals surface area contributed by atoms with Crippen molar-refractivity contribution >= 4 is 27.5 Å². The van der Waals surface area contributed by atoms with Crippen LogP contribution in [-0.4, -0.2) is 81.4 Å². The van der Waals surface area contributed by atoms with E-state index in [1.807, 2.05) is 24.9 Å². The van der Waals surface area contributed by atoms with Crippen LogP contribution in [0.3, 0.4) is 0 Å². The quantitative estimate of drug-likeness (QED) is 0.518. The molecule has 7 nitrogen and oxygen atoms in total. The maximum atomic E-state index is 14.3. The average molecular weight is 556 g/mol. The van der Waals surface area contributed by atoms with Gasteiger partial charge in [-0.15, -0.1) is 0 Å². The molecule has 0 radical (unpaired) electrons. The van der Waals surface area contributed by atoms with Gasteiger partial charge in [-0.25, -0.2) is 17.2 Å². The minimum Gasteiger partial charge on any atom is -0.493 e. The van der Waals surface area contributed by atoms with E-state index in [0.29, 0.717) is 42.8 Å². The Bertz CT molecular complexity index is 1240. The molecule has 37 heavy (non-hydrogen) atoms. The lowest BCUT2D eigenvalue weighted by Crippen LogP contribution is -2.51. The molecule has 2 aliphatic rings. The van der Waals surface area contributed by atoms with Crippen LogP contribution in [0.1, 0.15) is 24.8 Å². The number of sulfonamides is 1. The summed E-state index contributed by atoms with van der Waals surface area (Å²) in [5.74, 6) is -1.32. The lowest BCUT2D eigenvalue weighted by Gasteiger charge is -2.42. The first-order valence-electron chi connectivity index (χ1n) is 12.3. The number of carbonyl (C=O) groups is 1. The van der Waals surface area contributed by atoms with Crippen LogP contribution in [0.2, 0.25) is 5.02 Å². The molecule has 0 atom stereocenters. The number of hydrogen-bond acceptors (Lipinski definition) is 5. The smallest absolute Gasteiger partial charge is 0.245 e. The molecule has 2 heterocycles. The van der Waals surface area contributed by atoms with Crippen molar-refractivity contribution in [3.8, 4) is 5.75 Å². The number of ether oxygens (including phenoxy) is 1. The maximum Gasteiger partial charge on any atom is 0.245 e. The standard InChI is InChI=1S/C26H32ClF2N3O4S/c1-19-15-21(4-5-22(19)27)36-18-26(17-25(33)31-13-11-30(2)12-14-31)7-9-32(10-8-26)37(34,35)24-6-3-20(28)16-23(24)29/h3-6,15-16H,7-14,17-18H2,1-2H3. The Morgan fingerprint density at radius 3 is 2.32 bits per heavy atom. The Balaban J connectivity index is 1.51. The monoisotopic (exact) mass is 555 g/mol. The number of amides is 1. The van der Waals surface area contributed by atoms with Crippen LogP contribution in [-0.2, 0) is 14.8 Å². The predicted molar refractivity (Wildman–Crippen MR) is 137 cm³/mol. The number of likely N-dealkylation sites (N-methyl/N-ethyl adjacent to an activating group) is 1. The molecule has 2 aromatic carbocycles. The maximum absolute atomic E-state index is 14.3. The molecular formula is C26H32ClF2N3O4S. The zero-order valence-corrected chi connectivity index (χ0v) is 22.6. The molecule has 202 valence electrons. The van der Waals surface area contributed by atoms with Crippen LogP contribution in [0.5, 0.6) is 5.75 Å². The summed E-state index contributed by atoms with van der Waals surface area (Å²) in [6.45, 7) is 5.19. The third-order valence-electron chi connectivity index (χ3n) is 7.35. The second-order valence-corrected chi connectivity index (χ2v) is 12.4. The molecule has 2 saturated heterocycles. The minimum absolute atomic E-state index is 0.0184. The Labute approximate surface area is 222 Å². The van der Waals surface area contributed by atoms with Crippen molar-refractivity contribution < 1.29 is 26.7 Å². The van der Waals surface area contributed by atoms with Gasteiger partial charge in [-0.05, 0) is 62.7 Å². The lowest BCUT2D eigenvalue weighted by molar-refractivity contribution is -0.136. The molecule has 2 aromatic rings. The van der Waals surface area contributed by atoms with E-state index in [1.165, 1.54) is 4.31 Å². The summed E-state index contributed by atoms with van der Waals surface area (Å²) >= 11 is 6.13. The van der Waals surface area contributed by atoms with Gasteiger partial charge in [0.15, 0.2) is 0 Å². The van der Waals surface area contributed by atoms with Crippen molar-refractivity contribution in [2.45, 2.75) is 31.1 Å². The average Bonchev–Trinajstić information content (AvgIpc) is 2.85. The Kier molecular flexibility index (Phi) is 8.42. The topological polar surface area (TPSA) is 70.2 Å². The fraction of sp³-hybridized carbons (Fsp3) is 0.500. The van der Waals surface area contributed by atoms with Crippen molar-refractivity contribution in [1.82, 2.24) is 14.1 Å². The second-order valence-electron chi connectivity index (χ2n) is 10.0. The highest BCUT2D eigenvalue weighted by atomic mass is 35.5. The van der Waals surface area contributed by atoms with Crippen molar-refractivity contribution in [2.24, 2.45) is 5.41 Å². The van der Waals surface area contributed by atoms with Crippen molar-refractivity contribution in [3.05, 3.63) is 58.6 Å². The molecular weight excluding hydrogens is 524 g/mol. The van der Waals surface area contributed by atoms with Gasteiger partial charge in [0.1, 0.15) is 22.3 Å². The van der Waals surface area contributed by atoms with Crippen LogP contribution in [0.15, 0.2) is 41.3 Å². The molecule has 0 aromatic heterocycles. The van der Waals surface area contributed by atoms with Crippen LogP contribution >= 0.6 is 11.6 Å². The number of rotatable bonds is 7. The first-order chi connectivity index (χ1) is 17.5. The molecule has 1 amide bonds. The van der Waals surface area contributed by atoms with E-state index in [0.717, 1.165) is 30.8 Å². The molecule has 0 bridgehead atoms. The summed E-state index contributed by atoms with van der Waals surface area (Å²) in [6.07, 6.45) is 0.949. The van der Waals surface area contributed by atoms with E-state index in [4.69, 9.17) is 16.3 Å². The van der Waals surface area contributed by atoms with Crippen LogP contribution in [0.25, 0.3) is 0 Å². The summed E-state index contributed by atoms with van der Waals surface area (Å²) in [7, 11) is -2.14. The zero-order valence-electron chi connectivity index (χ0n) is 21.1. The van der Waals surface area contributed by atoms with Gasteiger partial charge < -0.3 is 14.5 Å². The highest BCUT2D eigenvalue weighted by Crippen LogP contribution is 2.39. The fourth-order valence-corrected chi connectivity index (χ4v) is 6.43. The third-order valence-corrected chi connectivity index (χ3v) is 9.71. The van der Waals surface area contributed by atoms with E-state index in [9.17, 15) is 22.0 Å². The van der Waals surface area contributed by atoms with Gasteiger partial charge in [0.25, 0.3) is 0 Å².